The van der Waals surface area contributed by atoms with Gasteiger partial charge in [-0.25, -0.2) is 0 Å². The fourth-order valence-corrected chi connectivity index (χ4v) is 7.29. The molecule has 0 unspecified atom stereocenters. The zero-order valence-corrected chi connectivity index (χ0v) is 22.1. The van der Waals surface area contributed by atoms with Gasteiger partial charge in [-0.1, -0.05) is 41.5 Å². The minimum atomic E-state index is -3.58. The summed E-state index contributed by atoms with van der Waals surface area (Å²) in [5.41, 5.74) is 0.673. The lowest BCUT2D eigenvalue weighted by Crippen LogP contribution is -2.33. The first kappa shape index (κ1) is 27.6. The molecule has 0 saturated carbocycles. The number of rotatable bonds is 10. The lowest BCUT2D eigenvalue weighted by atomic mass is 9.82. The highest BCUT2D eigenvalue weighted by Gasteiger charge is 2.40. The van der Waals surface area contributed by atoms with E-state index in [2.05, 4.69) is 0 Å². The van der Waals surface area contributed by atoms with E-state index in [-0.39, 0.29) is 26.4 Å². The molecule has 1 aromatic carbocycles. The third-order valence-corrected chi connectivity index (χ3v) is 8.83. The number of hydrogen-bond donors (Lipinski definition) is 0. The van der Waals surface area contributed by atoms with Gasteiger partial charge < -0.3 is 18.1 Å². The quantitative estimate of drug-likeness (QED) is 0.394. The van der Waals surface area contributed by atoms with Crippen LogP contribution in [0.3, 0.4) is 0 Å². The molecule has 6 nitrogen and oxygen atoms in total. The molecule has 0 bridgehead atoms. The van der Waals surface area contributed by atoms with E-state index in [9.17, 15) is 9.13 Å². The first-order valence-corrected chi connectivity index (χ1v) is 13.8. The monoisotopic (exact) mass is 462 g/mol. The van der Waals surface area contributed by atoms with Gasteiger partial charge in [0.05, 0.1) is 37.0 Å². The Balaban J connectivity index is 4.09. The third kappa shape index (κ3) is 6.28. The van der Waals surface area contributed by atoms with Crippen molar-refractivity contribution in [1.29, 1.82) is 0 Å². The van der Waals surface area contributed by atoms with Crippen LogP contribution in [0.5, 0.6) is 0 Å². The maximum absolute atomic E-state index is 13.8. The van der Waals surface area contributed by atoms with Crippen LogP contribution in [0.1, 0.15) is 80.4 Å². The smallest absolute Gasteiger partial charge is 0.305 e. The average molecular weight is 463 g/mol. The van der Waals surface area contributed by atoms with Crippen LogP contribution in [0.4, 0.5) is 0 Å². The van der Waals surface area contributed by atoms with Crippen molar-refractivity contribution < 1.29 is 27.2 Å². The summed E-state index contributed by atoms with van der Waals surface area (Å²) in [5.74, 6) is 0. The summed E-state index contributed by atoms with van der Waals surface area (Å²) in [4.78, 5) is 0. The molecule has 8 heteroatoms. The molecule has 0 amide bonds. The molecule has 174 valence electrons. The SMILES string of the molecule is CCOP(=O)(OCC)c1cc(C(C)(C)C)c(P(=O)(OCC)OCC)cc1C(C)(C)C. The van der Waals surface area contributed by atoms with Crippen molar-refractivity contribution in [3.05, 3.63) is 23.3 Å². The van der Waals surface area contributed by atoms with Crippen LogP contribution >= 0.6 is 15.2 Å². The zero-order valence-electron chi connectivity index (χ0n) is 20.3. The molecule has 0 radical (unpaired) electrons. The maximum atomic E-state index is 13.8. The van der Waals surface area contributed by atoms with E-state index >= 15 is 0 Å². The second-order valence-corrected chi connectivity index (χ2v) is 13.0. The Kier molecular flexibility index (Phi) is 9.57. The second kappa shape index (κ2) is 10.4. The predicted octanol–water partition coefficient (Wildman–Crippen LogP) is 6.06. The highest BCUT2D eigenvalue weighted by atomic mass is 31.2. The van der Waals surface area contributed by atoms with Gasteiger partial charge in [0.25, 0.3) is 0 Å². The largest absolute Gasteiger partial charge is 0.361 e. The lowest BCUT2D eigenvalue weighted by Gasteiger charge is -2.33. The van der Waals surface area contributed by atoms with Crippen molar-refractivity contribution in [2.24, 2.45) is 0 Å². The molecule has 0 aliphatic carbocycles. The summed E-state index contributed by atoms with van der Waals surface area (Å²) in [5, 5.41) is 1.01. The normalized spacial score (nSPS) is 13.7. The van der Waals surface area contributed by atoms with Gasteiger partial charge in [0.15, 0.2) is 0 Å². The fraction of sp³-hybridized carbons (Fsp3) is 0.727. The van der Waals surface area contributed by atoms with Gasteiger partial charge in [-0.3, -0.25) is 9.13 Å². The van der Waals surface area contributed by atoms with Crippen LogP contribution < -0.4 is 10.6 Å². The van der Waals surface area contributed by atoms with Gasteiger partial charge in [0, 0.05) is 0 Å². The third-order valence-electron chi connectivity index (χ3n) is 4.52. The topological polar surface area (TPSA) is 71.1 Å². The average Bonchev–Trinajstić information content (AvgIpc) is 2.60. The van der Waals surface area contributed by atoms with Crippen LogP contribution in [0, 0.1) is 0 Å². The highest BCUT2D eigenvalue weighted by molar-refractivity contribution is 7.63. The van der Waals surface area contributed by atoms with Crippen molar-refractivity contribution in [3.63, 3.8) is 0 Å². The van der Waals surface area contributed by atoms with Gasteiger partial charge in [-0.15, -0.1) is 0 Å². The van der Waals surface area contributed by atoms with Gasteiger partial charge in [0.1, 0.15) is 0 Å². The molecule has 30 heavy (non-hydrogen) atoms. The Hall–Kier alpha value is -0.480. The fourth-order valence-electron chi connectivity index (χ4n) is 3.26. The summed E-state index contributed by atoms with van der Waals surface area (Å²) >= 11 is 0. The molecule has 0 aliphatic heterocycles. The van der Waals surface area contributed by atoms with Crippen molar-refractivity contribution >= 4 is 25.8 Å². The first-order valence-electron chi connectivity index (χ1n) is 10.7. The Morgan fingerprint density at radius 3 is 1.00 bits per heavy atom. The predicted molar refractivity (Wildman–Crippen MR) is 125 cm³/mol. The summed E-state index contributed by atoms with van der Waals surface area (Å²) in [7, 11) is -7.15. The molecule has 0 fully saturated rings. The van der Waals surface area contributed by atoms with E-state index in [4.69, 9.17) is 18.1 Å². The van der Waals surface area contributed by atoms with Crippen LogP contribution in [-0.2, 0) is 38.1 Å². The van der Waals surface area contributed by atoms with Crippen LogP contribution in [-0.4, -0.2) is 26.4 Å². The van der Waals surface area contributed by atoms with E-state index in [0.717, 1.165) is 11.1 Å². The molecular formula is C22H40O6P2. The van der Waals surface area contributed by atoms with Gasteiger partial charge in [-0.2, -0.15) is 0 Å². The van der Waals surface area contributed by atoms with Crippen LogP contribution in [0.2, 0.25) is 0 Å². The maximum Gasteiger partial charge on any atom is 0.361 e. The Morgan fingerprint density at radius 2 is 0.833 bits per heavy atom. The van der Waals surface area contributed by atoms with Crippen molar-refractivity contribution in [3.8, 4) is 0 Å². The van der Waals surface area contributed by atoms with Gasteiger partial charge >= 0.3 is 15.2 Å². The van der Waals surface area contributed by atoms with E-state index in [1.807, 2.05) is 53.7 Å². The molecule has 0 spiro atoms. The molecule has 1 aromatic rings. The van der Waals surface area contributed by atoms with Crippen LogP contribution in [0.25, 0.3) is 0 Å². The molecule has 0 heterocycles. The number of hydrogen-bond acceptors (Lipinski definition) is 6. The molecule has 0 N–H and O–H groups in total. The van der Waals surface area contributed by atoms with Crippen molar-refractivity contribution in [2.75, 3.05) is 26.4 Å². The van der Waals surface area contributed by atoms with E-state index in [0.29, 0.717) is 10.6 Å². The zero-order chi connectivity index (χ0) is 23.4. The lowest BCUT2D eigenvalue weighted by molar-refractivity contribution is 0.228. The Bertz CT molecular complexity index is 717. The molecular weight excluding hydrogens is 422 g/mol. The van der Waals surface area contributed by atoms with Gasteiger partial charge in [-0.05, 0) is 61.8 Å². The van der Waals surface area contributed by atoms with Crippen molar-refractivity contribution in [2.45, 2.75) is 80.1 Å². The number of benzene rings is 1. The highest BCUT2D eigenvalue weighted by Crippen LogP contribution is 2.53. The van der Waals surface area contributed by atoms with Crippen molar-refractivity contribution in [1.82, 2.24) is 0 Å². The Morgan fingerprint density at radius 1 is 0.600 bits per heavy atom. The standard InChI is InChI=1S/C22H40O6P2/c1-11-25-29(23,26-12-2)19-15-18(22(8,9)10)20(16-17(19)21(5,6)7)30(24,27-13-3)28-14-4/h15-16H,11-14H2,1-10H3. The Labute approximate surface area is 183 Å². The minimum absolute atomic E-state index is 0.254. The summed E-state index contributed by atoms with van der Waals surface area (Å²) < 4.78 is 50.3. The second-order valence-electron chi connectivity index (χ2n) is 9.05. The first-order chi connectivity index (χ1) is 13.7. The van der Waals surface area contributed by atoms with Gasteiger partial charge in [0.2, 0.25) is 0 Å². The molecule has 0 aromatic heterocycles. The minimum Gasteiger partial charge on any atom is -0.305 e. The van der Waals surface area contributed by atoms with E-state index in [1.54, 1.807) is 27.7 Å². The molecule has 0 saturated heterocycles. The van der Waals surface area contributed by atoms with E-state index < -0.39 is 26.0 Å². The van der Waals surface area contributed by atoms with E-state index in [1.165, 1.54) is 0 Å². The summed E-state index contributed by atoms with van der Waals surface area (Å²) in [6.07, 6.45) is 0. The molecule has 1 rings (SSSR count). The summed E-state index contributed by atoms with van der Waals surface area (Å²) in [6, 6.07) is 3.65. The molecule has 0 atom stereocenters. The molecule has 0 aliphatic rings. The van der Waals surface area contributed by atoms with Crippen LogP contribution in [0.15, 0.2) is 12.1 Å². The summed E-state index contributed by atoms with van der Waals surface area (Å²) in [6.45, 7) is 20.3.